The van der Waals surface area contributed by atoms with Crippen LogP contribution in [0.2, 0.25) is 0 Å². The molecular formula is C15H20BrN3. The molecule has 0 saturated heterocycles. The van der Waals surface area contributed by atoms with Gasteiger partial charge >= 0.3 is 0 Å². The molecule has 1 aromatic carbocycles. The maximum absolute atomic E-state index is 5.87. The summed E-state index contributed by atoms with van der Waals surface area (Å²) < 4.78 is 2.71. The maximum Gasteiger partial charge on any atom is 0.201 e. The van der Waals surface area contributed by atoms with Gasteiger partial charge in [-0.3, -0.25) is 0 Å². The first-order valence-corrected chi connectivity index (χ1v) is 7.10. The molecule has 0 radical (unpaired) electrons. The van der Waals surface area contributed by atoms with Gasteiger partial charge < -0.3 is 10.3 Å². The first kappa shape index (κ1) is 14.1. The molecule has 2 rings (SSSR count). The van der Waals surface area contributed by atoms with Crippen LogP contribution in [0.25, 0.3) is 11.3 Å². The molecule has 0 atom stereocenters. The number of benzene rings is 1. The highest BCUT2D eigenvalue weighted by molar-refractivity contribution is 9.10. The zero-order valence-corrected chi connectivity index (χ0v) is 13.7. The van der Waals surface area contributed by atoms with Gasteiger partial charge in [-0.2, -0.15) is 0 Å². The molecule has 0 saturated carbocycles. The van der Waals surface area contributed by atoms with Gasteiger partial charge in [-0.05, 0) is 45.5 Å². The van der Waals surface area contributed by atoms with Gasteiger partial charge in [0.2, 0.25) is 5.95 Å². The summed E-state index contributed by atoms with van der Waals surface area (Å²) >= 11 is 3.50. The Kier molecular flexibility index (Phi) is 3.47. The number of anilines is 1. The van der Waals surface area contributed by atoms with Crippen molar-refractivity contribution in [2.45, 2.75) is 33.1 Å². The van der Waals surface area contributed by atoms with Gasteiger partial charge in [0, 0.05) is 12.6 Å². The molecule has 0 aliphatic carbocycles. The number of aromatic nitrogens is 2. The monoisotopic (exact) mass is 321 g/mol. The van der Waals surface area contributed by atoms with Gasteiger partial charge in [-0.1, -0.05) is 32.9 Å². The SMILES string of the molecule is Cc1ccc(C(C)(C)C)cc1-c1c(Br)nc(N)n1C. The molecule has 0 aliphatic heterocycles. The van der Waals surface area contributed by atoms with E-state index in [4.69, 9.17) is 5.73 Å². The fraction of sp³-hybridized carbons (Fsp3) is 0.400. The second-order valence-corrected chi connectivity index (χ2v) is 6.70. The Labute approximate surface area is 123 Å². The van der Waals surface area contributed by atoms with Gasteiger partial charge in [0.25, 0.3) is 0 Å². The van der Waals surface area contributed by atoms with E-state index in [-0.39, 0.29) is 5.41 Å². The molecular weight excluding hydrogens is 302 g/mol. The first-order chi connectivity index (χ1) is 8.71. The average Bonchev–Trinajstić information content (AvgIpc) is 2.53. The van der Waals surface area contributed by atoms with Crippen LogP contribution in [-0.4, -0.2) is 9.55 Å². The van der Waals surface area contributed by atoms with E-state index < -0.39 is 0 Å². The lowest BCUT2D eigenvalue weighted by Crippen LogP contribution is -2.11. The third kappa shape index (κ3) is 2.54. The summed E-state index contributed by atoms with van der Waals surface area (Å²) in [6, 6.07) is 6.58. The first-order valence-electron chi connectivity index (χ1n) is 6.31. The predicted octanol–water partition coefficient (Wildman–Crippen LogP) is 4.04. The van der Waals surface area contributed by atoms with Crippen molar-refractivity contribution >= 4 is 21.9 Å². The minimum absolute atomic E-state index is 0.124. The molecule has 0 fully saturated rings. The standard InChI is InChI=1S/C15H20BrN3/c1-9-6-7-10(15(2,3)4)8-11(9)12-13(16)18-14(17)19(12)5/h6-8H,1-5H3,(H2,17,18). The summed E-state index contributed by atoms with van der Waals surface area (Å²) in [5.74, 6) is 0.516. The Morgan fingerprint density at radius 1 is 1.26 bits per heavy atom. The van der Waals surface area contributed by atoms with E-state index in [1.807, 2.05) is 11.6 Å². The number of hydrogen-bond acceptors (Lipinski definition) is 2. The van der Waals surface area contributed by atoms with E-state index in [2.05, 4.69) is 66.8 Å². The van der Waals surface area contributed by atoms with Crippen LogP contribution in [0, 0.1) is 6.92 Å². The van der Waals surface area contributed by atoms with Crippen molar-refractivity contribution in [1.82, 2.24) is 9.55 Å². The van der Waals surface area contributed by atoms with Gasteiger partial charge in [0.15, 0.2) is 0 Å². The third-order valence-electron chi connectivity index (χ3n) is 3.45. The van der Waals surface area contributed by atoms with Crippen molar-refractivity contribution in [2.75, 3.05) is 5.73 Å². The number of hydrogen-bond donors (Lipinski definition) is 1. The molecule has 0 unspecified atom stereocenters. The number of aryl methyl sites for hydroxylation is 1. The number of nitrogens with two attached hydrogens (primary N) is 1. The van der Waals surface area contributed by atoms with Crippen molar-refractivity contribution in [3.63, 3.8) is 0 Å². The van der Waals surface area contributed by atoms with Crippen molar-refractivity contribution in [1.29, 1.82) is 0 Å². The Hall–Kier alpha value is -1.29. The Morgan fingerprint density at radius 2 is 1.89 bits per heavy atom. The summed E-state index contributed by atoms with van der Waals surface area (Å²) in [4.78, 5) is 4.28. The molecule has 19 heavy (non-hydrogen) atoms. The second-order valence-electron chi connectivity index (χ2n) is 5.95. The number of nitrogens with zero attached hydrogens (tertiary/aromatic N) is 2. The number of nitrogen functional groups attached to an aromatic ring is 1. The van der Waals surface area contributed by atoms with Crippen molar-refractivity contribution in [3.05, 3.63) is 33.9 Å². The van der Waals surface area contributed by atoms with Crippen molar-refractivity contribution < 1.29 is 0 Å². The molecule has 4 heteroatoms. The third-order valence-corrected chi connectivity index (χ3v) is 4.00. The van der Waals surface area contributed by atoms with E-state index in [0.29, 0.717) is 5.95 Å². The summed E-state index contributed by atoms with van der Waals surface area (Å²) in [7, 11) is 1.94. The lowest BCUT2D eigenvalue weighted by atomic mass is 9.85. The topological polar surface area (TPSA) is 43.8 Å². The van der Waals surface area contributed by atoms with Gasteiger partial charge in [0.1, 0.15) is 4.60 Å². The largest absolute Gasteiger partial charge is 0.369 e. The van der Waals surface area contributed by atoms with E-state index in [0.717, 1.165) is 10.3 Å². The van der Waals surface area contributed by atoms with Gasteiger partial charge in [0.05, 0.1) is 5.69 Å². The fourth-order valence-electron chi connectivity index (χ4n) is 2.12. The molecule has 0 amide bonds. The molecule has 2 aromatic rings. The average molecular weight is 322 g/mol. The molecule has 0 bridgehead atoms. The summed E-state index contributed by atoms with van der Waals surface area (Å²) in [6.07, 6.45) is 0. The summed E-state index contributed by atoms with van der Waals surface area (Å²) in [6.45, 7) is 8.76. The minimum Gasteiger partial charge on any atom is -0.369 e. The lowest BCUT2D eigenvalue weighted by Gasteiger charge is -2.21. The summed E-state index contributed by atoms with van der Waals surface area (Å²) in [5.41, 5.74) is 10.7. The quantitative estimate of drug-likeness (QED) is 0.861. The highest BCUT2D eigenvalue weighted by atomic mass is 79.9. The second kappa shape index (κ2) is 4.67. The molecule has 1 heterocycles. The van der Waals surface area contributed by atoms with Crippen LogP contribution in [0.15, 0.2) is 22.8 Å². The highest BCUT2D eigenvalue weighted by Crippen LogP contribution is 2.34. The molecule has 0 spiro atoms. The van der Waals surface area contributed by atoms with Crippen LogP contribution in [-0.2, 0) is 12.5 Å². The van der Waals surface area contributed by atoms with Crippen LogP contribution in [0.5, 0.6) is 0 Å². The highest BCUT2D eigenvalue weighted by Gasteiger charge is 2.19. The normalized spacial score (nSPS) is 11.9. The van der Waals surface area contributed by atoms with E-state index in [1.165, 1.54) is 16.7 Å². The van der Waals surface area contributed by atoms with Crippen LogP contribution in [0.4, 0.5) is 5.95 Å². The van der Waals surface area contributed by atoms with E-state index >= 15 is 0 Å². The van der Waals surface area contributed by atoms with Crippen molar-refractivity contribution in [2.24, 2.45) is 7.05 Å². The Morgan fingerprint density at radius 3 is 2.37 bits per heavy atom. The van der Waals surface area contributed by atoms with Crippen LogP contribution < -0.4 is 5.73 Å². The van der Waals surface area contributed by atoms with Crippen molar-refractivity contribution in [3.8, 4) is 11.3 Å². The van der Waals surface area contributed by atoms with Crippen LogP contribution >= 0.6 is 15.9 Å². The number of halogens is 1. The number of imidazole rings is 1. The summed E-state index contributed by atoms with van der Waals surface area (Å²) in [5, 5.41) is 0. The molecule has 3 nitrogen and oxygen atoms in total. The van der Waals surface area contributed by atoms with Crippen LogP contribution in [0.3, 0.4) is 0 Å². The number of rotatable bonds is 1. The maximum atomic E-state index is 5.87. The molecule has 0 aliphatic rings. The molecule has 102 valence electrons. The van der Waals surface area contributed by atoms with E-state index in [9.17, 15) is 0 Å². The lowest BCUT2D eigenvalue weighted by molar-refractivity contribution is 0.590. The Bertz CT molecular complexity index is 621. The van der Waals surface area contributed by atoms with Crippen LogP contribution in [0.1, 0.15) is 31.9 Å². The zero-order chi connectivity index (χ0) is 14.4. The molecule has 2 N–H and O–H groups in total. The zero-order valence-electron chi connectivity index (χ0n) is 12.1. The predicted molar refractivity (Wildman–Crippen MR) is 84.2 cm³/mol. The van der Waals surface area contributed by atoms with E-state index in [1.54, 1.807) is 0 Å². The smallest absolute Gasteiger partial charge is 0.201 e. The van der Waals surface area contributed by atoms with Gasteiger partial charge in [-0.15, -0.1) is 0 Å². The van der Waals surface area contributed by atoms with Gasteiger partial charge in [-0.25, -0.2) is 4.98 Å². The minimum atomic E-state index is 0.124. The molecule has 1 aromatic heterocycles. The Balaban J connectivity index is 2.68. The fourth-order valence-corrected chi connectivity index (χ4v) is 2.78.